The topological polar surface area (TPSA) is 57.2 Å². The van der Waals surface area contributed by atoms with Crippen molar-refractivity contribution in [1.82, 2.24) is 29.6 Å². The highest BCUT2D eigenvalue weighted by atomic mass is 79.9. The van der Waals surface area contributed by atoms with Gasteiger partial charge in [-0.25, -0.2) is 0 Å². The summed E-state index contributed by atoms with van der Waals surface area (Å²) >= 11 is 3.40. The van der Waals surface area contributed by atoms with Crippen molar-refractivity contribution < 1.29 is 9.31 Å². The molecule has 10 heteroatoms. The van der Waals surface area contributed by atoms with E-state index in [1.165, 1.54) is 0 Å². The Balaban J connectivity index is 0.000000194. The number of halogens is 1. The van der Waals surface area contributed by atoms with Crippen LogP contribution in [0, 0.1) is 0 Å². The van der Waals surface area contributed by atoms with Crippen LogP contribution < -0.4 is 5.46 Å². The van der Waals surface area contributed by atoms with Gasteiger partial charge in [-0.15, -0.1) is 0 Å². The summed E-state index contributed by atoms with van der Waals surface area (Å²) in [5.74, 6) is 0. The molecule has 0 spiro atoms. The van der Waals surface area contributed by atoms with Crippen LogP contribution in [-0.2, 0) is 22.4 Å². The maximum Gasteiger partial charge on any atom is 0.496 e. The molecule has 0 amide bonds. The molecule has 0 aromatic carbocycles. The molecule has 2 aromatic heterocycles. The molecule has 3 aliphatic heterocycles. The Bertz CT molecular complexity index is 991. The van der Waals surface area contributed by atoms with E-state index >= 15 is 0 Å². The second-order valence-electron chi connectivity index (χ2n) is 11.8. The molecule has 5 rings (SSSR count). The average Bonchev–Trinajstić information content (AvgIpc) is 3.11. The van der Waals surface area contributed by atoms with E-state index in [0.29, 0.717) is 0 Å². The predicted molar refractivity (Wildman–Crippen MR) is 157 cm³/mol. The molecule has 8 nitrogen and oxygen atoms in total. The van der Waals surface area contributed by atoms with Gasteiger partial charge in [0.15, 0.2) is 0 Å². The van der Waals surface area contributed by atoms with Gasteiger partial charge in [-0.05, 0) is 75.9 Å². The lowest BCUT2D eigenvalue weighted by molar-refractivity contribution is 0.00578. The maximum atomic E-state index is 6.07. The summed E-state index contributed by atoms with van der Waals surface area (Å²) in [7, 11) is 4.02. The van der Waals surface area contributed by atoms with Gasteiger partial charge in [-0.2, -0.15) is 0 Å². The van der Waals surface area contributed by atoms with Gasteiger partial charge >= 0.3 is 7.12 Å². The minimum Gasteiger partial charge on any atom is -0.399 e. The summed E-state index contributed by atoms with van der Waals surface area (Å²) in [4.78, 5) is 18.6. The van der Waals surface area contributed by atoms with Crippen molar-refractivity contribution >= 4 is 28.5 Å². The van der Waals surface area contributed by atoms with E-state index < -0.39 is 0 Å². The van der Waals surface area contributed by atoms with Crippen LogP contribution in [0.1, 0.15) is 39.1 Å². The van der Waals surface area contributed by atoms with Crippen LogP contribution in [0.5, 0.6) is 0 Å². The number of pyridine rings is 2. The number of hydrogen-bond acceptors (Lipinski definition) is 8. The Morgan fingerprint density at radius 1 is 0.711 bits per heavy atom. The lowest BCUT2D eigenvalue weighted by atomic mass is 9.80. The molecule has 3 aliphatic rings. The molecular formula is C28H44BBrN6O2. The van der Waals surface area contributed by atoms with Gasteiger partial charge in [0.2, 0.25) is 0 Å². The van der Waals surface area contributed by atoms with Gasteiger partial charge in [0.1, 0.15) is 0 Å². The van der Waals surface area contributed by atoms with E-state index in [9.17, 15) is 0 Å². The number of rotatable bonds is 5. The van der Waals surface area contributed by atoms with Crippen molar-refractivity contribution in [3.05, 3.63) is 52.5 Å². The quantitative estimate of drug-likeness (QED) is 0.496. The van der Waals surface area contributed by atoms with Gasteiger partial charge in [0.05, 0.1) is 22.6 Å². The van der Waals surface area contributed by atoms with Gasteiger partial charge in [-0.3, -0.25) is 19.8 Å². The molecule has 3 saturated heterocycles. The van der Waals surface area contributed by atoms with E-state index in [4.69, 9.17) is 9.31 Å². The van der Waals surface area contributed by atoms with E-state index in [-0.39, 0.29) is 18.3 Å². The Kier molecular flexibility index (Phi) is 10.0. The Morgan fingerprint density at radius 3 is 1.55 bits per heavy atom. The number of piperazine rings is 2. The number of aromatic nitrogens is 2. The van der Waals surface area contributed by atoms with E-state index in [1.54, 1.807) is 0 Å². The molecule has 0 N–H and O–H groups in total. The molecule has 0 saturated carbocycles. The fraction of sp³-hybridized carbons (Fsp3) is 0.643. The van der Waals surface area contributed by atoms with Crippen LogP contribution in [-0.4, -0.2) is 114 Å². The lowest BCUT2D eigenvalue weighted by Crippen LogP contribution is -2.44. The molecule has 2 aromatic rings. The SMILES string of the molecule is CN1CCN(Cc2ccc(B3OC(C)(C)C(C)(C)O3)cn2)CC1.CN1CCN(Cc2ccc(Br)cn2)CC1. The smallest absolute Gasteiger partial charge is 0.399 e. The summed E-state index contributed by atoms with van der Waals surface area (Å²) < 4.78 is 13.2. The molecule has 3 fully saturated rings. The average molecular weight is 587 g/mol. The third-order valence-corrected chi connectivity index (χ3v) is 8.59. The minimum atomic E-state index is -0.329. The number of likely N-dealkylation sites (N-methyl/N-ethyl adjacent to an activating group) is 2. The molecular weight excluding hydrogens is 543 g/mol. The van der Waals surface area contributed by atoms with Crippen LogP contribution in [0.25, 0.3) is 0 Å². The maximum absolute atomic E-state index is 6.07. The second kappa shape index (κ2) is 12.8. The molecule has 0 atom stereocenters. The fourth-order valence-electron chi connectivity index (χ4n) is 4.62. The first-order valence-corrected chi connectivity index (χ1v) is 14.5. The highest BCUT2D eigenvalue weighted by molar-refractivity contribution is 9.10. The first-order chi connectivity index (χ1) is 18.0. The number of nitrogens with zero attached hydrogens (tertiary/aromatic N) is 6. The van der Waals surface area contributed by atoms with Crippen LogP contribution in [0.4, 0.5) is 0 Å². The Labute approximate surface area is 238 Å². The molecule has 0 radical (unpaired) electrons. The normalized spacial score (nSPS) is 22.8. The van der Waals surface area contributed by atoms with Crippen LogP contribution in [0.15, 0.2) is 41.1 Å². The summed E-state index contributed by atoms with van der Waals surface area (Å²) in [5, 5.41) is 0. The van der Waals surface area contributed by atoms with Crippen molar-refractivity contribution in [1.29, 1.82) is 0 Å². The third-order valence-electron chi connectivity index (χ3n) is 8.12. The van der Waals surface area contributed by atoms with Gasteiger partial charge in [0.25, 0.3) is 0 Å². The van der Waals surface area contributed by atoms with Crippen molar-refractivity contribution in [3.8, 4) is 0 Å². The van der Waals surface area contributed by atoms with E-state index in [1.807, 2.05) is 12.4 Å². The van der Waals surface area contributed by atoms with E-state index in [2.05, 4.69) is 112 Å². The molecule has 5 heterocycles. The zero-order valence-electron chi connectivity index (χ0n) is 24.0. The molecule has 0 unspecified atom stereocenters. The Hall–Kier alpha value is -1.40. The standard InChI is InChI=1S/C17H28BN3O2.C11H16BrN3/c1-16(2)17(3,4)23-18(22-16)14-6-7-15(19-12-14)13-21-10-8-20(5)9-11-21;1-14-4-6-15(7-5-14)9-11-3-2-10(12)8-13-11/h6-7,12H,8-11,13H2,1-5H3;2-3,8H,4-7,9H2,1H3. The summed E-state index contributed by atoms with van der Waals surface area (Å²) in [6, 6.07) is 8.32. The molecule has 0 aliphatic carbocycles. The Morgan fingerprint density at radius 2 is 1.16 bits per heavy atom. The van der Waals surface area contributed by atoms with Gasteiger partial charge in [-0.1, -0.05) is 6.07 Å². The molecule has 208 valence electrons. The third kappa shape index (κ3) is 8.07. The fourth-order valence-corrected chi connectivity index (χ4v) is 4.85. The minimum absolute atomic E-state index is 0.309. The summed E-state index contributed by atoms with van der Waals surface area (Å²) in [6.45, 7) is 19.3. The van der Waals surface area contributed by atoms with Crippen molar-refractivity contribution in [2.24, 2.45) is 0 Å². The molecule has 38 heavy (non-hydrogen) atoms. The first kappa shape index (κ1) is 29.6. The second-order valence-corrected chi connectivity index (χ2v) is 12.7. The first-order valence-electron chi connectivity index (χ1n) is 13.7. The highest BCUT2D eigenvalue weighted by Crippen LogP contribution is 2.36. The largest absolute Gasteiger partial charge is 0.496 e. The van der Waals surface area contributed by atoms with Crippen LogP contribution in [0.3, 0.4) is 0 Å². The molecule has 0 bridgehead atoms. The summed E-state index contributed by atoms with van der Waals surface area (Å²) in [6.07, 6.45) is 3.76. The number of hydrogen-bond donors (Lipinski definition) is 0. The van der Waals surface area contributed by atoms with Gasteiger partial charge in [0, 0.05) is 87.8 Å². The van der Waals surface area contributed by atoms with Crippen LogP contribution in [0.2, 0.25) is 0 Å². The monoisotopic (exact) mass is 586 g/mol. The summed E-state index contributed by atoms with van der Waals surface area (Å²) in [5.41, 5.74) is 2.63. The highest BCUT2D eigenvalue weighted by Gasteiger charge is 2.51. The van der Waals surface area contributed by atoms with E-state index in [0.717, 1.165) is 86.8 Å². The van der Waals surface area contributed by atoms with Crippen molar-refractivity contribution in [3.63, 3.8) is 0 Å². The predicted octanol–water partition coefficient (Wildman–Crippen LogP) is 2.72. The van der Waals surface area contributed by atoms with Gasteiger partial charge < -0.3 is 19.1 Å². The lowest BCUT2D eigenvalue weighted by Gasteiger charge is -2.32. The van der Waals surface area contributed by atoms with Crippen LogP contribution >= 0.6 is 15.9 Å². The van der Waals surface area contributed by atoms with Crippen molar-refractivity contribution in [2.75, 3.05) is 66.5 Å². The zero-order valence-corrected chi connectivity index (χ0v) is 25.6. The van der Waals surface area contributed by atoms with Crippen molar-refractivity contribution in [2.45, 2.75) is 52.0 Å². The zero-order chi connectivity index (χ0) is 27.3.